The van der Waals surface area contributed by atoms with Crippen molar-refractivity contribution in [3.05, 3.63) is 88.9 Å². The minimum Gasteiger partial charge on any atom is -0.491 e. The lowest BCUT2D eigenvalue weighted by atomic mass is 9.88. The molecular formula is C39H43N3O5S2. The van der Waals surface area contributed by atoms with Crippen molar-refractivity contribution in [1.82, 2.24) is 9.55 Å². The van der Waals surface area contributed by atoms with Crippen molar-refractivity contribution in [2.75, 3.05) is 18.6 Å². The van der Waals surface area contributed by atoms with E-state index in [-0.39, 0.29) is 16.7 Å². The van der Waals surface area contributed by atoms with Gasteiger partial charge in [0.2, 0.25) is 5.91 Å². The summed E-state index contributed by atoms with van der Waals surface area (Å²) < 4.78 is 13.9. The summed E-state index contributed by atoms with van der Waals surface area (Å²) in [6.45, 7) is 12.6. The highest BCUT2D eigenvalue weighted by molar-refractivity contribution is 8.00. The molecule has 2 aromatic heterocycles. The molecular weight excluding hydrogens is 655 g/mol. The number of carbonyl (C=O) groups excluding carboxylic acids is 1. The summed E-state index contributed by atoms with van der Waals surface area (Å²) in [5.74, 6) is -0.123. The number of para-hydroxylation sites is 1. The largest absolute Gasteiger partial charge is 0.491 e. The van der Waals surface area contributed by atoms with Crippen LogP contribution in [0.2, 0.25) is 0 Å². The van der Waals surface area contributed by atoms with Gasteiger partial charge in [-0.2, -0.15) is 0 Å². The Hall–Kier alpha value is -4.28. The first-order valence-electron chi connectivity index (χ1n) is 16.4. The monoisotopic (exact) mass is 697 g/mol. The highest BCUT2D eigenvalue weighted by Crippen LogP contribution is 2.44. The Kier molecular flexibility index (Phi) is 9.57. The third kappa shape index (κ3) is 7.35. The topological polar surface area (TPSA) is 93.9 Å². The predicted molar refractivity (Wildman–Crippen MR) is 198 cm³/mol. The Morgan fingerprint density at radius 1 is 1.04 bits per heavy atom. The molecule has 0 radical (unpaired) electrons. The number of carboxylic acids is 1. The van der Waals surface area contributed by atoms with E-state index in [1.807, 2.05) is 34.5 Å². The van der Waals surface area contributed by atoms with Crippen LogP contribution in [0, 0.1) is 5.41 Å². The van der Waals surface area contributed by atoms with Gasteiger partial charge in [0.15, 0.2) is 0 Å². The van der Waals surface area contributed by atoms with Crippen molar-refractivity contribution in [3.63, 3.8) is 0 Å². The van der Waals surface area contributed by atoms with Crippen LogP contribution < -0.4 is 14.4 Å². The molecule has 0 saturated heterocycles. The molecule has 1 N–H and O–H groups in total. The molecule has 256 valence electrons. The van der Waals surface area contributed by atoms with Crippen LogP contribution in [-0.2, 0) is 29.0 Å². The molecule has 10 heteroatoms. The summed E-state index contributed by atoms with van der Waals surface area (Å²) in [4.78, 5) is 32.5. The van der Waals surface area contributed by atoms with Crippen LogP contribution in [0.15, 0.2) is 77.0 Å². The zero-order valence-corrected chi connectivity index (χ0v) is 30.7. The van der Waals surface area contributed by atoms with Crippen LogP contribution >= 0.6 is 23.1 Å². The number of thiazole rings is 1. The maximum Gasteiger partial charge on any atom is 0.309 e. The number of anilines is 1. The smallest absolute Gasteiger partial charge is 0.309 e. The minimum atomic E-state index is -0.986. The number of carboxylic acid groups (broad SMARTS) is 1. The molecule has 3 aromatic carbocycles. The maximum atomic E-state index is 12.7. The lowest BCUT2D eigenvalue weighted by Gasteiger charge is -2.24. The molecule has 1 aliphatic heterocycles. The first-order valence-corrected chi connectivity index (χ1v) is 18.1. The molecule has 0 saturated carbocycles. The van der Waals surface area contributed by atoms with Gasteiger partial charge in [0, 0.05) is 62.8 Å². The van der Waals surface area contributed by atoms with Crippen LogP contribution in [0.3, 0.4) is 0 Å². The molecule has 0 aliphatic carbocycles. The van der Waals surface area contributed by atoms with E-state index in [1.54, 1.807) is 39.6 Å². The Bertz CT molecular complexity index is 2010. The van der Waals surface area contributed by atoms with Gasteiger partial charge in [-0.25, -0.2) is 4.98 Å². The number of thioether (sulfide) groups is 1. The highest BCUT2D eigenvalue weighted by atomic mass is 32.2. The quantitative estimate of drug-likeness (QED) is 0.138. The second-order valence-corrected chi connectivity index (χ2v) is 16.9. The van der Waals surface area contributed by atoms with E-state index in [4.69, 9.17) is 9.47 Å². The molecule has 1 aliphatic rings. The summed E-state index contributed by atoms with van der Waals surface area (Å²) in [5.41, 5.74) is 6.08. The van der Waals surface area contributed by atoms with E-state index in [1.165, 1.54) is 11.3 Å². The van der Waals surface area contributed by atoms with Crippen molar-refractivity contribution < 1.29 is 24.2 Å². The number of hydrogen-bond acceptors (Lipinski definition) is 7. The molecule has 5 aromatic rings. The van der Waals surface area contributed by atoms with Crippen molar-refractivity contribution in [2.45, 2.75) is 76.6 Å². The number of amides is 1. The van der Waals surface area contributed by atoms with Gasteiger partial charge >= 0.3 is 5.97 Å². The molecule has 8 nitrogen and oxygen atoms in total. The fraction of sp³-hybridized carbons (Fsp3) is 0.359. The predicted octanol–water partition coefficient (Wildman–Crippen LogP) is 8.72. The fourth-order valence-electron chi connectivity index (χ4n) is 6.38. The minimum absolute atomic E-state index is 0.0000258. The van der Waals surface area contributed by atoms with Gasteiger partial charge in [-0.3, -0.25) is 9.59 Å². The number of benzene rings is 3. The van der Waals surface area contributed by atoms with Crippen LogP contribution in [0.5, 0.6) is 10.9 Å². The summed E-state index contributed by atoms with van der Waals surface area (Å²) in [7, 11) is 1.62. The van der Waals surface area contributed by atoms with Crippen LogP contribution in [0.4, 0.5) is 5.69 Å². The normalized spacial score (nSPS) is 14.7. The van der Waals surface area contributed by atoms with Crippen molar-refractivity contribution in [1.29, 1.82) is 0 Å². The Morgan fingerprint density at radius 3 is 2.43 bits per heavy atom. The lowest BCUT2D eigenvalue weighted by molar-refractivity contribution is -0.146. The lowest BCUT2D eigenvalue weighted by Crippen LogP contribution is -2.40. The summed E-state index contributed by atoms with van der Waals surface area (Å²) in [5, 5.41) is 13.8. The number of methoxy groups -OCH3 is 1. The van der Waals surface area contributed by atoms with Gasteiger partial charge in [0.1, 0.15) is 12.4 Å². The second kappa shape index (κ2) is 13.6. The molecule has 0 spiro atoms. The highest BCUT2D eigenvalue weighted by Gasteiger charge is 2.34. The number of ether oxygens (including phenoxy) is 2. The van der Waals surface area contributed by atoms with E-state index in [2.05, 4.69) is 72.8 Å². The van der Waals surface area contributed by atoms with Gasteiger partial charge in [0.05, 0.1) is 24.3 Å². The van der Waals surface area contributed by atoms with Gasteiger partial charge in [-0.1, -0.05) is 74.6 Å². The third-order valence-electron chi connectivity index (χ3n) is 8.79. The van der Waals surface area contributed by atoms with Gasteiger partial charge in [0.25, 0.3) is 5.19 Å². The first-order chi connectivity index (χ1) is 23.2. The molecule has 1 amide bonds. The number of fused-ring (bicyclic) bond motifs is 2. The molecule has 0 unspecified atom stereocenters. The van der Waals surface area contributed by atoms with E-state index in [9.17, 15) is 14.7 Å². The average Bonchev–Trinajstić information content (AvgIpc) is 3.75. The van der Waals surface area contributed by atoms with Gasteiger partial charge in [-0.15, -0.1) is 11.8 Å². The zero-order chi connectivity index (χ0) is 35.1. The first kappa shape index (κ1) is 34.6. The van der Waals surface area contributed by atoms with Crippen LogP contribution in [0.1, 0.15) is 58.4 Å². The molecule has 49 heavy (non-hydrogen) atoms. The number of carbonyl (C=O) groups is 2. The molecule has 6 rings (SSSR count). The number of nitrogens with zero attached hydrogens (tertiary/aromatic N) is 3. The zero-order valence-electron chi connectivity index (χ0n) is 29.1. The molecule has 0 bridgehead atoms. The Labute approximate surface area is 296 Å². The summed E-state index contributed by atoms with van der Waals surface area (Å²) in [6.07, 6.45) is 1.10. The number of rotatable bonds is 11. The van der Waals surface area contributed by atoms with Gasteiger partial charge in [-0.05, 0) is 55.7 Å². The van der Waals surface area contributed by atoms with E-state index in [0.717, 1.165) is 56.0 Å². The standard InChI is InChI=1S/C39H43N3O5S2/c1-24(43)42-28(18-27-10-8-9-11-32(27)42)22-47-29-16-17-33-30(19-29)35(49-38(2,3)4)34(20-39(5,6)36(44)45)41(33)21-25-12-14-26(15-13-25)31-23-48-37(40-31)46-7/h8-17,19,23,28H,18,20-22H2,1-7H3,(H,44,45)/t28-/m0/s1. The van der Waals surface area contributed by atoms with Gasteiger partial charge < -0.3 is 24.0 Å². The van der Waals surface area contributed by atoms with Crippen molar-refractivity contribution >= 4 is 51.6 Å². The van der Waals surface area contributed by atoms with Crippen molar-refractivity contribution in [3.8, 4) is 22.2 Å². The fourth-order valence-corrected chi connectivity index (χ4v) is 8.21. The van der Waals surface area contributed by atoms with E-state index in [0.29, 0.717) is 30.5 Å². The SMILES string of the molecule is COc1nc(-c2ccc(Cn3c(CC(C)(C)C(=O)O)c(SC(C)(C)C)c4cc(OC[C@@H]5Cc6ccccc6N5C(C)=O)ccc43)cc2)cs1. The number of aromatic nitrogens is 2. The van der Waals surface area contributed by atoms with Crippen LogP contribution in [0.25, 0.3) is 22.2 Å². The summed E-state index contributed by atoms with van der Waals surface area (Å²) >= 11 is 3.22. The Morgan fingerprint density at radius 2 is 1.78 bits per heavy atom. The average molecular weight is 698 g/mol. The van der Waals surface area contributed by atoms with E-state index >= 15 is 0 Å². The second-order valence-electron chi connectivity index (χ2n) is 14.2. The molecule has 3 heterocycles. The van der Waals surface area contributed by atoms with Crippen molar-refractivity contribution in [2.24, 2.45) is 5.41 Å². The van der Waals surface area contributed by atoms with Crippen LogP contribution in [-0.4, -0.2) is 51.0 Å². The van der Waals surface area contributed by atoms with E-state index < -0.39 is 11.4 Å². The Balaban J connectivity index is 1.38. The molecule has 1 atom stereocenters. The summed E-state index contributed by atoms with van der Waals surface area (Å²) in [6, 6.07) is 22.4. The number of hydrogen-bond donors (Lipinski definition) is 1. The third-order valence-corrected chi connectivity index (χ3v) is 10.9. The number of aliphatic carboxylic acids is 1. The maximum absolute atomic E-state index is 12.7. The molecule has 0 fully saturated rings.